The van der Waals surface area contributed by atoms with Gasteiger partial charge < -0.3 is 5.11 Å². The highest BCUT2D eigenvalue weighted by atomic mass is 32.2. The molecule has 0 aliphatic heterocycles. The van der Waals surface area contributed by atoms with E-state index >= 15 is 8.78 Å². The molecule has 0 bridgehead atoms. The molecule has 0 radical (unpaired) electrons. The number of carbonyl (C=O) groups excluding carboxylic acids is 1. The van der Waals surface area contributed by atoms with Crippen LogP contribution >= 0.6 is 0 Å². The van der Waals surface area contributed by atoms with Gasteiger partial charge in [0.05, 0.1) is 4.90 Å². The second kappa shape index (κ2) is 9.83. The van der Waals surface area contributed by atoms with Crippen molar-refractivity contribution in [2.24, 2.45) is 17.3 Å². The van der Waals surface area contributed by atoms with E-state index in [1.54, 1.807) is 18.2 Å². The summed E-state index contributed by atoms with van der Waals surface area (Å²) in [6.45, 7) is 1.41. The van der Waals surface area contributed by atoms with Crippen LogP contribution < -0.4 is 0 Å². The van der Waals surface area contributed by atoms with E-state index in [0.29, 0.717) is 25.7 Å². The first-order chi connectivity index (χ1) is 20.0. The fraction of sp³-hybridized carbons (Fsp3) is 0.485. The quantitative estimate of drug-likeness (QED) is 0.358. The van der Waals surface area contributed by atoms with Crippen LogP contribution in [0.1, 0.15) is 63.4 Å². The van der Waals surface area contributed by atoms with Gasteiger partial charge in [-0.25, -0.2) is 8.42 Å². The first kappa shape index (κ1) is 30.2. The summed E-state index contributed by atoms with van der Waals surface area (Å²) in [5.41, 5.74) is 0.274. The summed E-state index contributed by atoms with van der Waals surface area (Å²) in [7, 11) is -3.37. The van der Waals surface area contributed by atoms with Crippen LogP contribution in [0.4, 0.5) is 22.0 Å². The van der Waals surface area contributed by atoms with Gasteiger partial charge in [-0.05, 0) is 96.4 Å². The van der Waals surface area contributed by atoms with Crippen molar-refractivity contribution >= 4 is 15.6 Å². The third-order valence-corrected chi connectivity index (χ3v) is 11.8. The number of hydrogen-bond acceptors (Lipinski definition) is 4. The van der Waals surface area contributed by atoms with Crippen molar-refractivity contribution in [2.45, 2.75) is 80.4 Å². The number of rotatable bonds is 4. The number of fused-ring (bicyclic) bond motifs is 4. The smallest absolute Gasteiger partial charge is 0.383 e. The van der Waals surface area contributed by atoms with Gasteiger partial charge in [0.25, 0.3) is 0 Å². The van der Waals surface area contributed by atoms with Crippen LogP contribution in [-0.4, -0.2) is 43.3 Å². The number of aliphatic hydroxyl groups is 1. The third-order valence-electron chi connectivity index (χ3n) is 10.7. The lowest BCUT2D eigenvalue weighted by Gasteiger charge is -2.56. The van der Waals surface area contributed by atoms with Crippen molar-refractivity contribution in [3.63, 3.8) is 0 Å². The first-order valence-electron chi connectivity index (χ1n) is 14.5. The van der Waals surface area contributed by atoms with E-state index in [4.69, 9.17) is 0 Å². The minimum atomic E-state index is -5.89. The number of sulfone groups is 1. The standard InChI is InChI=1S/C33H33F5O4S/c1-30-18-27(21-5-3-19(4-6-21)20-7-11-24(12-8-20)43(2,41)42)29-25-14-10-23(39)17-22(25)9-13-26(29)28(30)15-16-31(30,40)32(34,35)33(36,37)38/h3-8,11-12,17,26-28,40H,9-10,13-16,18H2,1-2H3/t26?,27-,28?,30+,31+/m1/s1. The Morgan fingerprint density at radius 2 is 1.49 bits per heavy atom. The van der Waals surface area contributed by atoms with Crippen LogP contribution in [0.15, 0.2) is 76.2 Å². The Kier molecular flexibility index (Phi) is 6.90. The molecule has 43 heavy (non-hydrogen) atoms. The number of ketones is 1. The molecule has 4 aliphatic rings. The summed E-state index contributed by atoms with van der Waals surface area (Å²) in [4.78, 5) is 12.4. The summed E-state index contributed by atoms with van der Waals surface area (Å²) in [6, 6.07) is 13.7. The fourth-order valence-corrected chi connectivity index (χ4v) is 9.15. The van der Waals surface area contributed by atoms with Gasteiger partial charge >= 0.3 is 12.1 Å². The number of benzene rings is 2. The molecule has 2 aromatic carbocycles. The number of hydrogen-bond donors (Lipinski definition) is 1. The molecule has 2 unspecified atom stereocenters. The van der Waals surface area contributed by atoms with E-state index in [1.165, 1.54) is 19.1 Å². The molecule has 0 spiro atoms. The van der Waals surface area contributed by atoms with Gasteiger partial charge in [0.1, 0.15) is 5.60 Å². The molecule has 1 N–H and O–H groups in total. The first-order valence-corrected chi connectivity index (χ1v) is 16.4. The minimum absolute atomic E-state index is 0.0290. The summed E-state index contributed by atoms with van der Waals surface area (Å²) in [6.07, 6.45) is -1.89. The van der Waals surface area contributed by atoms with Crippen LogP contribution in [0.5, 0.6) is 0 Å². The topological polar surface area (TPSA) is 71.4 Å². The van der Waals surface area contributed by atoms with E-state index in [1.807, 2.05) is 24.3 Å². The average Bonchev–Trinajstić information content (AvgIpc) is 3.23. The maximum atomic E-state index is 15.2. The Bertz CT molecular complexity index is 1640. The van der Waals surface area contributed by atoms with Crippen molar-refractivity contribution in [3.8, 4) is 11.1 Å². The van der Waals surface area contributed by atoms with Gasteiger partial charge in [-0.1, -0.05) is 48.9 Å². The van der Waals surface area contributed by atoms with Crippen molar-refractivity contribution in [1.82, 2.24) is 0 Å². The third kappa shape index (κ3) is 4.54. The maximum Gasteiger partial charge on any atom is 0.456 e. The van der Waals surface area contributed by atoms with Crippen molar-refractivity contribution in [3.05, 3.63) is 76.9 Å². The van der Waals surface area contributed by atoms with Crippen LogP contribution in [-0.2, 0) is 14.6 Å². The summed E-state index contributed by atoms with van der Waals surface area (Å²) >= 11 is 0. The summed E-state index contributed by atoms with van der Waals surface area (Å²) in [5.74, 6) is -6.62. The van der Waals surface area contributed by atoms with Crippen molar-refractivity contribution in [2.75, 3.05) is 6.26 Å². The van der Waals surface area contributed by atoms with E-state index in [0.717, 1.165) is 39.7 Å². The monoisotopic (exact) mass is 620 g/mol. The molecular formula is C33H33F5O4S. The molecule has 6 rings (SSSR count). The Hall–Kier alpha value is -2.85. The summed E-state index contributed by atoms with van der Waals surface area (Å²) in [5, 5.41) is 11.4. The van der Waals surface area contributed by atoms with E-state index in [9.17, 15) is 31.5 Å². The lowest BCUT2D eigenvalue weighted by molar-refractivity contribution is -0.362. The van der Waals surface area contributed by atoms with Gasteiger partial charge in [0.15, 0.2) is 15.6 Å². The molecule has 0 aromatic heterocycles. The molecule has 2 aromatic rings. The van der Waals surface area contributed by atoms with Crippen molar-refractivity contribution < 1.29 is 40.3 Å². The lowest BCUT2D eigenvalue weighted by Crippen LogP contribution is -2.65. The Morgan fingerprint density at radius 3 is 2.07 bits per heavy atom. The normalized spacial score (nSPS) is 31.3. The molecule has 0 heterocycles. The highest BCUT2D eigenvalue weighted by Crippen LogP contribution is 2.70. The van der Waals surface area contributed by atoms with Gasteiger partial charge in [0.2, 0.25) is 0 Å². The highest BCUT2D eigenvalue weighted by molar-refractivity contribution is 7.90. The minimum Gasteiger partial charge on any atom is -0.383 e. The highest BCUT2D eigenvalue weighted by Gasteiger charge is 2.79. The zero-order valence-electron chi connectivity index (χ0n) is 23.8. The SMILES string of the molecule is C[C@]12C[C@H](c3ccc(-c4ccc(S(C)(=O)=O)cc4)cc3)C3=C4CCC(=O)C=C4CCC3C1CC[C@@]2(O)C(F)(F)C(F)(F)F. The van der Waals surface area contributed by atoms with Gasteiger partial charge in [-0.2, -0.15) is 22.0 Å². The molecule has 10 heteroatoms. The molecule has 2 saturated carbocycles. The number of allylic oxidation sites excluding steroid dienone is 4. The average molecular weight is 621 g/mol. The molecule has 230 valence electrons. The number of halogens is 5. The van der Waals surface area contributed by atoms with Gasteiger partial charge in [-0.3, -0.25) is 4.79 Å². The number of alkyl halides is 5. The van der Waals surface area contributed by atoms with E-state index < -0.39 is 51.2 Å². The molecule has 0 saturated heterocycles. The second-order valence-electron chi connectivity index (χ2n) is 12.9. The lowest BCUT2D eigenvalue weighted by atomic mass is 9.50. The van der Waals surface area contributed by atoms with Gasteiger partial charge in [-0.15, -0.1) is 0 Å². The molecule has 2 fully saturated rings. The van der Waals surface area contributed by atoms with Crippen LogP contribution in [0.3, 0.4) is 0 Å². The Labute approximate surface area is 247 Å². The molecular weight excluding hydrogens is 587 g/mol. The molecule has 0 amide bonds. The summed E-state index contributed by atoms with van der Waals surface area (Å²) < 4.78 is 95.4. The zero-order chi connectivity index (χ0) is 31.2. The van der Waals surface area contributed by atoms with Gasteiger partial charge in [0, 0.05) is 24.0 Å². The van der Waals surface area contributed by atoms with Crippen molar-refractivity contribution in [1.29, 1.82) is 0 Å². The predicted octanol–water partition coefficient (Wildman–Crippen LogP) is 7.59. The van der Waals surface area contributed by atoms with Crippen LogP contribution in [0.25, 0.3) is 11.1 Å². The second-order valence-corrected chi connectivity index (χ2v) is 14.9. The maximum absolute atomic E-state index is 15.2. The Balaban J connectivity index is 1.45. The molecule has 4 nitrogen and oxygen atoms in total. The van der Waals surface area contributed by atoms with E-state index in [-0.39, 0.29) is 29.4 Å². The Morgan fingerprint density at radius 1 is 0.884 bits per heavy atom. The largest absolute Gasteiger partial charge is 0.456 e. The molecule has 5 atom stereocenters. The van der Waals surface area contributed by atoms with E-state index in [2.05, 4.69) is 0 Å². The predicted molar refractivity (Wildman–Crippen MR) is 151 cm³/mol. The van der Waals surface area contributed by atoms with Crippen LogP contribution in [0.2, 0.25) is 0 Å². The zero-order valence-corrected chi connectivity index (χ0v) is 24.7. The fourth-order valence-electron chi connectivity index (χ4n) is 8.52. The van der Waals surface area contributed by atoms with Crippen LogP contribution in [0, 0.1) is 17.3 Å². The molecule has 4 aliphatic carbocycles. The number of carbonyl (C=O) groups is 1.